The van der Waals surface area contributed by atoms with Crippen LogP contribution in [0.3, 0.4) is 0 Å². The Bertz CT molecular complexity index is 534. The van der Waals surface area contributed by atoms with Crippen LogP contribution in [0.5, 0.6) is 0 Å². The van der Waals surface area contributed by atoms with Crippen molar-refractivity contribution < 1.29 is 4.79 Å². The van der Waals surface area contributed by atoms with Gasteiger partial charge in [0, 0.05) is 0 Å². The fraction of sp³-hybridized carbons (Fsp3) is 0.429. The number of para-hydroxylation sites is 1. The first-order valence-electron chi connectivity index (χ1n) is 6.49. The number of nitrogens with zero attached hydrogens (tertiary/aromatic N) is 1. The van der Waals surface area contributed by atoms with Gasteiger partial charge in [-0.2, -0.15) is 0 Å². The molecule has 3 N–H and O–H groups in total. The van der Waals surface area contributed by atoms with E-state index in [1.165, 1.54) is 0 Å². The van der Waals surface area contributed by atoms with E-state index < -0.39 is 6.04 Å². The number of hydrogen-bond donors (Lipinski definition) is 2. The average molecular weight is 277 g/mol. The molecule has 4 nitrogen and oxygen atoms in total. The lowest BCUT2D eigenvalue weighted by molar-refractivity contribution is -0.123. The Hall–Kier alpha value is -1.46. The van der Waals surface area contributed by atoms with Crippen molar-refractivity contribution in [3.63, 3.8) is 0 Å². The smallest absolute Gasteiger partial charge is 0.237 e. The average Bonchev–Trinajstić information content (AvgIpc) is 2.85. The van der Waals surface area contributed by atoms with E-state index in [2.05, 4.69) is 10.3 Å². The second-order valence-electron chi connectivity index (χ2n) is 4.70. The number of nitrogens with two attached hydrogens (primary N) is 1. The Labute approximate surface area is 117 Å². The molecule has 0 aliphatic rings. The van der Waals surface area contributed by atoms with Crippen LogP contribution in [0.4, 0.5) is 0 Å². The zero-order valence-corrected chi connectivity index (χ0v) is 12.0. The lowest BCUT2D eigenvalue weighted by Gasteiger charge is -2.17. The highest BCUT2D eigenvalue weighted by molar-refractivity contribution is 7.18. The van der Waals surface area contributed by atoms with Crippen LogP contribution < -0.4 is 11.1 Å². The topological polar surface area (TPSA) is 68.0 Å². The molecule has 0 saturated carbocycles. The van der Waals surface area contributed by atoms with Crippen LogP contribution in [0, 0.1) is 5.92 Å². The number of benzene rings is 1. The van der Waals surface area contributed by atoms with Crippen LogP contribution >= 0.6 is 11.3 Å². The molecule has 1 heterocycles. The van der Waals surface area contributed by atoms with Gasteiger partial charge in [-0.1, -0.05) is 32.4 Å². The van der Waals surface area contributed by atoms with Gasteiger partial charge < -0.3 is 11.1 Å². The molecular formula is C14H19N3OS. The Morgan fingerprint density at radius 3 is 2.89 bits per heavy atom. The normalized spacial score (nSPS) is 14.3. The largest absolute Gasteiger partial charge is 0.348 e. The summed E-state index contributed by atoms with van der Waals surface area (Å²) < 4.78 is 1.14. The van der Waals surface area contributed by atoms with Crippen LogP contribution in [0.1, 0.15) is 25.3 Å². The quantitative estimate of drug-likeness (QED) is 0.881. The first kappa shape index (κ1) is 14.0. The number of amides is 1. The van der Waals surface area contributed by atoms with Gasteiger partial charge in [0.05, 0.1) is 22.8 Å². The van der Waals surface area contributed by atoms with Gasteiger partial charge in [-0.3, -0.25) is 4.79 Å². The van der Waals surface area contributed by atoms with Crippen molar-refractivity contribution in [1.29, 1.82) is 0 Å². The molecule has 1 unspecified atom stereocenters. The fourth-order valence-electron chi connectivity index (χ4n) is 1.79. The molecule has 102 valence electrons. The van der Waals surface area contributed by atoms with E-state index in [0.29, 0.717) is 6.54 Å². The SMILES string of the molecule is CCC(C)[C@H](N)C(=O)NCc1nc2ccccc2s1. The first-order valence-corrected chi connectivity index (χ1v) is 7.31. The van der Waals surface area contributed by atoms with Crippen molar-refractivity contribution in [2.45, 2.75) is 32.9 Å². The molecule has 5 heteroatoms. The third kappa shape index (κ3) is 3.30. The maximum absolute atomic E-state index is 11.9. The highest BCUT2D eigenvalue weighted by Gasteiger charge is 2.19. The highest BCUT2D eigenvalue weighted by Crippen LogP contribution is 2.21. The summed E-state index contributed by atoms with van der Waals surface area (Å²) in [5.41, 5.74) is 6.86. The van der Waals surface area contributed by atoms with Crippen molar-refractivity contribution in [2.24, 2.45) is 11.7 Å². The third-order valence-corrected chi connectivity index (χ3v) is 4.35. The van der Waals surface area contributed by atoms with E-state index in [9.17, 15) is 4.79 Å². The zero-order chi connectivity index (χ0) is 13.8. The monoisotopic (exact) mass is 277 g/mol. The molecule has 2 atom stereocenters. The Kier molecular flexibility index (Phi) is 4.50. The van der Waals surface area contributed by atoms with Gasteiger partial charge in [-0.25, -0.2) is 4.98 Å². The van der Waals surface area contributed by atoms with Crippen LogP contribution in [-0.2, 0) is 11.3 Å². The van der Waals surface area contributed by atoms with E-state index in [4.69, 9.17) is 5.73 Å². The Morgan fingerprint density at radius 1 is 1.47 bits per heavy atom. The minimum atomic E-state index is -0.445. The summed E-state index contributed by atoms with van der Waals surface area (Å²) in [5.74, 6) is 0.0870. The number of carbonyl (C=O) groups excluding carboxylic acids is 1. The third-order valence-electron chi connectivity index (χ3n) is 3.31. The summed E-state index contributed by atoms with van der Waals surface area (Å²) in [5, 5.41) is 3.77. The molecule has 1 aromatic heterocycles. The van der Waals surface area contributed by atoms with Crippen molar-refractivity contribution >= 4 is 27.5 Å². The van der Waals surface area contributed by atoms with E-state index in [-0.39, 0.29) is 11.8 Å². The van der Waals surface area contributed by atoms with Gasteiger partial charge in [-0.15, -0.1) is 11.3 Å². The number of aromatic nitrogens is 1. The molecule has 2 rings (SSSR count). The number of hydrogen-bond acceptors (Lipinski definition) is 4. The predicted molar refractivity (Wildman–Crippen MR) is 78.9 cm³/mol. The van der Waals surface area contributed by atoms with Gasteiger partial charge in [-0.05, 0) is 18.1 Å². The molecular weight excluding hydrogens is 258 g/mol. The van der Waals surface area contributed by atoms with Gasteiger partial charge in [0.1, 0.15) is 5.01 Å². The summed E-state index contributed by atoms with van der Waals surface area (Å²) in [6.07, 6.45) is 0.899. The molecule has 2 aromatic rings. The van der Waals surface area contributed by atoms with Crippen molar-refractivity contribution in [2.75, 3.05) is 0 Å². The van der Waals surface area contributed by atoms with Crippen molar-refractivity contribution in [3.05, 3.63) is 29.3 Å². The molecule has 0 bridgehead atoms. The van der Waals surface area contributed by atoms with E-state index >= 15 is 0 Å². The minimum Gasteiger partial charge on any atom is -0.348 e. The summed E-state index contributed by atoms with van der Waals surface area (Å²) in [6, 6.07) is 7.51. The number of carbonyl (C=O) groups is 1. The van der Waals surface area contributed by atoms with Crippen molar-refractivity contribution in [3.8, 4) is 0 Å². The standard InChI is InChI=1S/C14H19N3OS/c1-3-9(2)13(15)14(18)16-8-12-17-10-6-4-5-7-11(10)19-12/h4-7,9,13H,3,8,15H2,1-2H3,(H,16,18)/t9?,13-/m0/s1. The van der Waals surface area contributed by atoms with Gasteiger partial charge >= 0.3 is 0 Å². The van der Waals surface area contributed by atoms with Crippen LogP contribution in [-0.4, -0.2) is 16.9 Å². The van der Waals surface area contributed by atoms with E-state index in [1.54, 1.807) is 11.3 Å². The summed E-state index contributed by atoms with van der Waals surface area (Å²) in [7, 11) is 0. The predicted octanol–water partition coefficient (Wildman–Crippen LogP) is 2.29. The van der Waals surface area contributed by atoms with Gasteiger partial charge in [0.2, 0.25) is 5.91 Å². The van der Waals surface area contributed by atoms with E-state index in [0.717, 1.165) is 21.6 Å². The molecule has 0 aliphatic carbocycles. The number of nitrogens with one attached hydrogen (secondary N) is 1. The summed E-state index contributed by atoms with van der Waals surface area (Å²) in [4.78, 5) is 16.3. The number of thiazole rings is 1. The number of fused-ring (bicyclic) bond motifs is 1. The number of rotatable bonds is 5. The Balaban J connectivity index is 1.96. The van der Waals surface area contributed by atoms with Crippen molar-refractivity contribution in [1.82, 2.24) is 10.3 Å². The molecule has 0 radical (unpaired) electrons. The second kappa shape index (κ2) is 6.12. The maximum Gasteiger partial charge on any atom is 0.237 e. The summed E-state index contributed by atoms with van der Waals surface area (Å²) in [6.45, 7) is 4.47. The highest BCUT2D eigenvalue weighted by atomic mass is 32.1. The molecule has 19 heavy (non-hydrogen) atoms. The van der Waals surface area contributed by atoms with E-state index in [1.807, 2.05) is 38.1 Å². The Morgan fingerprint density at radius 2 is 2.21 bits per heavy atom. The van der Waals surface area contributed by atoms with Crippen LogP contribution in [0.15, 0.2) is 24.3 Å². The second-order valence-corrected chi connectivity index (χ2v) is 5.82. The molecule has 0 spiro atoms. The van der Waals surface area contributed by atoms with Crippen LogP contribution in [0.25, 0.3) is 10.2 Å². The zero-order valence-electron chi connectivity index (χ0n) is 11.2. The molecule has 1 aromatic carbocycles. The molecule has 0 saturated heterocycles. The molecule has 0 aliphatic heterocycles. The lowest BCUT2D eigenvalue weighted by Crippen LogP contribution is -2.44. The molecule has 1 amide bonds. The first-order chi connectivity index (χ1) is 9.11. The summed E-state index contributed by atoms with van der Waals surface area (Å²) >= 11 is 1.60. The fourth-order valence-corrected chi connectivity index (χ4v) is 2.70. The lowest BCUT2D eigenvalue weighted by atomic mass is 9.99. The maximum atomic E-state index is 11.9. The minimum absolute atomic E-state index is 0.103. The van der Waals surface area contributed by atoms with Gasteiger partial charge in [0.15, 0.2) is 0 Å². The van der Waals surface area contributed by atoms with Crippen LogP contribution in [0.2, 0.25) is 0 Å². The van der Waals surface area contributed by atoms with Gasteiger partial charge in [0.25, 0.3) is 0 Å². The molecule has 0 fully saturated rings.